The highest BCUT2D eigenvalue weighted by atomic mass is 35.5. The van der Waals surface area contributed by atoms with Gasteiger partial charge in [0.2, 0.25) is 11.8 Å². The van der Waals surface area contributed by atoms with Gasteiger partial charge in [0.05, 0.1) is 12.0 Å². The fourth-order valence-electron chi connectivity index (χ4n) is 2.45. The average molecular weight is 364 g/mol. The van der Waals surface area contributed by atoms with E-state index in [1.807, 2.05) is 13.8 Å². The second kappa shape index (κ2) is 9.54. The third-order valence-electron chi connectivity index (χ3n) is 4.07. The summed E-state index contributed by atoms with van der Waals surface area (Å²) >= 11 is 0. The Morgan fingerprint density at radius 3 is 2.08 bits per heavy atom. The summed E-state index contributed by atoms with van der Waals surface area (Å²) in [6, 6.07) is 2.72. The number of amides is 2. The molecule has 0 unspecified atom stereocenters. The minimum absolute atomic E-state index is 0. The lowest BCUT2D eigenvalue weighted by atomic mass is 9.81. The summed E-state index contributed by atoms with van der Waals surface area (Å²) in [7, 11) is 1.50. The van der Waals surface area contributed by atoms with Crippen molar-refractivity contribution in [3.05, 3.63) is 29.8 Å². The van der Waals surface area contributed by atoms with Crippen molar-refractivity contribution in [2.45, 2.75) is 26.7 Å². The first-order valence-corrected chi connectivity index (χ1v) is 7.49. The van der Waals surface area contributed by atoms with Crippen LogP contribution in [-0.2, 0) is 9.59 Å². The number of carbonyl (C=O) groups is 2. The first-order valence-electron chi connectivity index (χ1n) is 7.49. The predicted molar refractivity (Wildman–Crippen MR) is 91.9 cm³/mol. The van der Waals surface area contributed by atoms with E-state index in [0.29, 0.717) is 18.9 Å². The van der Waals surface area contributed by atoms with Gasteiger partial charge in [-0.1, -0.05) is 13.8 Å². The highest BCUT2D eigenvalue weighted by Crippen LogP contribution is 2.27. The van der Waals surface area contributed by atoms with Crippen molar-refractivity contribution in [2.75, 3.05) is 25.5 Å². The highest BCUT2D eigenvalue weighted by Gasteiger charge is 2.36. The zero-order valence-corrected chi connectivity index (χ0v) is 14.9. The van der Waals surface area contributed by atoms with Crippen molar-refractivity contribution in [1.82, 2.24) is 4.90 Å². The molecule has 0 aromatic heterocycles. The maximum absolute atomic E-state index is 13.1. The Kier molecular flexibility index (Phi) is 8.85. The van der Waals surface area contributed by atoms with Gasteiger partial charge < -0.3 is 16.0 Å². The van der Waals surface area contributed by atoms with Gasteiger partial charge in [-0.25, -0.2) is 8.78 Å². The van der Waals surface area contributed by atoms with E-state index in [1.165, 1.54) is 11.9 Å². The van der Waals surface area contributed by atoms with E-state index in [9.17, 15) is 18.4 Å². The van der Waals surface area contributed by atoms with Crippen LogP contribution in [0.5, 0.6) is 0 Å². The summed E-state index contributed by atoms with van der Waals surface area (Å²) in [5.74, 6) is -2.33. The molecule has 1 aromatic carbocycles. The number of hydrogen-bond acceptors (Lipinski definition) is 3. The van der Waals surface area contributed by atoms with E-state index in [1.54, 1.807) is 0 Å². The molecule has 0 saturated carbocycles. The van der Waals surface area contributed by atoms with Crippen molar-refractivity contribution in [1.29, 1.82) is 0 Å². The number of likely N-dealkylation sites (N-methyl/N-ethyl adjacent to an activating group) is 1. The van der Waals surface area contributed by atoms with E-state index in [0.717, 1.165) is 12.1 Å². The second-order valence-electron chi connectivity index (χ2n) is 5.56. The molecule has 0 saturated heterocycles. The van der Waals surface area contributed by atoms with Crippen molar-refractivity contribution in [2.24, 2.45) is 11.1 Å². The molecule has 24 heavy (non-hydrogen) atoms. The molecule has 0 aliphatic rings. The molecule has 5 nitrogen and oxygen atoms in total. The molecule has 0 atom stereocenters. The van der Waals surface area contributed by atoms with Gasteiger partial charge in [-0.05, 0) is 25.0 Å². The number of nitrogens with two attached hydrogens (primary N) is 1. The van der Waals surface area contributed by atoms with E-state index in [2.05, 4.69) is 5.32 Å². The third-order valence-corrected chi connectivity index (χ3v) is 4.07. The molecule has 0 bridgehead atoms. The summed E-state index contributed by atoms with van der Waals surface area (Å²) in [4.78, 5) is 25.7. The third kappa shape index (κ3) is 5.42. The van der Waals surface area contributed by atoms with Crippen molar-refractivity contribution < 1.29 is 18.4 Å². The Morgan fingerprint density at radius 1 is 1.17 bits per heavy atom. The van der Waals surface area contributed by atoms with E-state index >= 15 is 0 Å². The van der Waals surface area contributed by atoms with Crippen LogP contribution in [0.2, 0.25) is 0 Å². The van der Waals surface area contributed by atoms with Gasteiger partial charge in [-0.2, -0.15) is 0 Å². The number of nitrogens with one attached hydrogen (secondary N) is 1. The van der Waals surface area contributed by atoms with Crippen LogP contribution in [-0.4, -0.2) is 36.9 Å². The zero-order chi connectivity index (χ0) is 17.6. The number of nitrogens with zero attached hydrogens (tertiary/aromatic N) is 1. The first-order chi connectivity index (χ1) is 10.8. The monoisotopic (exact) mass is 363 g/mol. The largest absolute Gasteiger partial charge is 0.336 e. The van der Waals surface area contributed by atoms with E-state index in [4.69, 9.17) is 5.73 Å². The molecule has 3 N–H and O–H groups in total. The second-order valence-corrected chi connectivity index (χ2v) is 5.56. The summed E-state index contributed by atoms with van der Waals surface area (Å²) in [5, 5.41) is 2.37. The highest BCUT2D eigenvalue weighted by molar-refractivity contribution is 5.95. The maximum Gasteiger partial charge on any atom is 0.243 e. The molecule has 0 heterocycles. The molecule has 1 aromatic rings. The Morgan fingerprint density at radius 2 is 1.67 bits per heavy atom. The number of hydrogen-bond donors (Lipinski definition) is 2. The number of benzene rings is 1. The van der Waals surface area contributed by atoms with Gasteiger partial charge in [0.15, 0.2) is 0 Å². The number of rotatable bonds is 7. The quantitative estimate of drug-likeness (QED) is 0.781. The van der Waals surface area contributed by atoms with Gasteiger partial charge in [0.25, 0.3) is 0 Å². The molecule has 0 fully saturated rings. The van der Waals surface area contributed by atoms with Crippen LogP contribution < -0.4 is 11.1 Å². The summed E-state index contributed by atoms with van der Waals surface area (Å²) < 4.78 is 26.2. The van der Waals surface area contributed by atoms with Crippen LogP contribution in [0.15, 0.2) is 18.2 Å². The number of carbonyl (C=O) groups excluding carboxylic acids is 2. The standard InChI is InChI=1S/C16H23F2N3O2.ClH/c1-4-16(5-2,10-19)15(23)21(3)9-14(22)20-13-7-11(17)6-12(18)8-13;/h6-8H,4-5,9-10,19H2,1-3H3,(H,20,22);1H. The topological polar surface area (TPSA) is 75.4 Å². The molecule has 0 radical (unpaired) electrons. The van der Waals surface area contributed by atoms with Crippen LogP contribution in [0.25, 0.3) is 0 Å². The average Bonchev–Trinajstić information content (AvgIpc) is 2.48. The van der Waals surface area contributed by atoms with Gasteiger partial charge in [0, 0.05) is 25.3 Å². The minimum atomic E-state index is -0.788. The molecule has 8 heteroatoms. The van der Waals surface area contributed by atoms with Crippen molar-refractivity contribution in [3.63, 3.8) is 0 Å². The van der Waals surface area contributed by atoms with Gasteiger partial charge in [-0.3, -0.25) is 9.59 Å². The molecule has 0 aliphatic heterocycles. The van der Waals surface area contributed by atoms with E-state index < -0.39 is 23.0 Å². The van der Waals surface area contributed by atoms with Crippen LogP contribution in [0.4, 0.5) is 14.5 Å². The molecule has 136 valence electrons. The molecule has 2 amide bonds. The Hall–Kier alpha value is -1.73. The number of halogens is 3. The van der Waals surface area contributed by atoms with Crippen molar-refractivity contribution in [3.8, 4) is 0 Å². The fraction of sp³-hybridized carbons (Fsp3) is 0.500. The normalized spacial score (nSPS) is 10.8. The fourth-order valence-corrected chi connectivity index (χ4v) is 2.45. The maximum atomic E-state index is 13.1. The summed E-state index contributed by atoms with van der Waals surface area (Å²) in [6.45, 7) is 3.72. The lowest BCUT2D eigenvalue weighted by molar-refractivity contribution is -0.142. The molecule has 0 spiro atoms. The number of anilines is 1. The van der Waals surface area contributed by atoms with Gasteiger partial charge in [-0.15, -0.1) is 12.4 Å². The van der Waals surface area contributed by atoms with Crippen LogP contribution in [0.3, 0.4) is 0 Å². The summed E-state index contributed by atoms with van der Waals surface area (Å²) in [5.41, 5.74) is 5.03. The van der Waals surface area contributed by atoms with Gasteiger partial charge in [0.1, 0.15) is 11.6 Å². The lowest BCUT2D eigenvalue weighted by Crippen LogP contribution is -2.48. The smallest absolute Gasteiger partial charge is 0.243 e. The molecule has 1 rings (SSSR count). The van der Waals surface area contributed by atoms with Crippen molar-refractivity contribution >= 4 is 29.9 Å². The predicted octanol–water partition coefficient (Wildman–Crippen LogP) is 2.55. The van der Waals surface area contributed by atoms with Crippen LogP contribution in [0.1, 0.15) is 26.7 Å². The minimum Gasteiger partial charge on any atom is -0.336 e. The zero-order valence-electron chi connectivity index (χ0n) is 14.1. The molecular weight excluding hydrogens is 340 g/mol. The summed E-state index contributed by atoms with van der Waals surface area (Å²) in [6.07, 6.45) is 1.14. The first kappa shape index (κ1) is 22.3. The Bertz CT molecular complexity index is 552. The SMILES string of the molecule is CCC(CC)(CN)C(=O)N(C)CC(=O)Nc1cc(F)cc(F)c1.Cl. The lowest BCUT2D eigenvalue weighted by Gasteiger charge is -2.33. The molecular formula is C16H24ClF2N3O2. The van der Waals surface area contributed by atoms with Crippen LogP contribution in [0, 0.1) is 17.0 Å². The Balaban J connectivity index is 0.00000529. The van der Waals surface area contributed by atoms with Gasteiger partial charge >= 0.3 is 0 Å². The Labute approximate surface area is 147 Å². The van der Waals surface area contributed by atoms with E-state index in [-0.39, 0.29) is 37.1 Å². The molecule has 0 aliphatic carbocycles. The van der Waals surface area contributed by atoms with Crippen LogP contribution >= 0.6 is 12.4 Å².